The second kappa shape index (κ2) is 6.45. The molecule has 0 spiro atoms. The van der Waals surface area contributed by atoms with Gasteiger partial charge in [0.1, 0.15) is 0 Å². The Bertz CT molecular complexity index is 870. The van der Waals surface area contributed by atoms with Gasteiger partial charge in [-0.3, -0.25) is 4.79 Å². The van der Waals surface area contributed by atoms with Gasteiger partial charge >= 0.3 is 5.97 Å². The van der Waals surface area contributed by atoms with Crippen LogP contribution in [0.15, 0.2) is 66.7 Å². The Morgan fingerprint density at radius 3 is 2.23 bits per heavy atom. The second-order valence-electron chi connectivity index (χ2n) is 7.55. The van der Waals surface area contributed by atoms with Crippen molar-refractivity contribution in [1.29, 1.82) is 0 Å². The van der Waals surface area contributed by atoms with E-state index in [0.717, 1.165) is 29.8 Å². The van der Waals surface area contributed by atoms with Crippen LogP contribution < -0.4 is 4.90 Å². The van der Waals surface area contributed by atoms with E-state index in [4.69, 9.17) is 5.11 Å². The molecule has 4 heteroatoms. The third-order valence-corrected chi connectivity index (χ3v) is 5.13. The molecule has 1 atom stereocenters. The molecule has 0 saturated carbocycles. The van der Waals surface area contributed by atoms with E-state index in [-0.39, 0.29) is 11.3 Å². The minimum atomic E-state index is -1.13. The van der Waals surface area contributed by atoms with Crippen LogP contribution in [0.5, 0.6) is 0 Å². The predicted molar refractivity (Wildman–Crippen MR) is 102 cm³/mol. The Labute approximate surface area is 153 Å². The molecule has 0 fully saturated rings. The monoisotopic (exact) mass is 349 g/mol. The summed E-state index contributed by atoms with van der Waals surface area (Å²) in [6, 6.07) is 18.2. The summed E-state index contributed by atoms with van der Waals surface area (Å²) in [5.74, 6) is -1.45. The number of carboxylic acids is 1. The van der Waals surface area contributed by atoms with Crippen LogP contribution in [0.25, 0.3) is 0 Å². The summed E-state index contributed by atoms with van der Waals surface area (Å²) in [6.45, 7) is 6.26. The van der Waals surface area contributed by atoms with Gasteiger partial charge in [-0.15, -0.1) is 0 Å². The molecule has 0 bridgehead atoms. The average molecular weight is 349 g/mol. The predicted octanol–water partition coefficient (Wildman–Crippen LogP) is 4.15. The second-order valence-corrected chi connectivity index (χ2v) is 7.55. The van der Waals surface area contributed by atoms with Crippen molar-refractivity contribution >= 4 is 17.6 Å². The van der Waals surface area contributed by atoms with E-state index in [1.807, 2.05) is 50.2 Å². The third kappa shape index (κ3) is 3.03. The van der Waals surface area contributed by atoms with Crippen molar-refractivity contribution < 1.29 is 14.7 Å². The van der Waals surface area contributed by atoms with Crippen LogP contribution in [0.4, 0.5) is 5.69 Å². The fourth-order valence-corrected chi connectivity index (χ4v) is 4.20. The Balaban J connectivity index is 2.17. The molecule has 3 rings (SSSR count). The molecular weight excluding hydrogens is 326 g/mol. The first-order valence-corrected chi connectivity index (χ1v) is 8.66. The largest absolute Gasteiger partial charge is 0.478 e. The molecule has 1 aliphatic heterocycles. The van der Waals surface area contributed by atoms with Gasteiger partial charge in [-0.2, -0.15) is 0 Å². The lowest BCUT2D eigenvalue weighted by molar-refractivity contribution is -0.131. The number of fused-ring (bicyclic) bond motifs is 1. The van der Waals surface area contributed by atoms with Crippen LogP contribution in [-0.4, -0.2) is 22.5 Å². The third-order valence-electron chi connectivity index (χ3n) is 5.13. The van der Waals surface area contributed by atoms with Gasteiger partial charge in [0, 0.05) is 28.8 Å². The highest BCUT2D eigenvalue weighted by atomic mass is 16.4. The van der Waals surface area contributed by atoms with Crippen LogP contribution in [0.3, 0.4) is 0 Å². The zero-order chi connectivity index (χ0) is 18.9. The summed E-state index contributed by atoms with van der Waals surface area (Å²) in [7, 11) is 0. The minimum Gasteiger partial charge on any atom is -0.478 e. The highest BCUT2D eigenvalue weighted by Crippen LogP contribution is 2.50. The van der Waals surface area contributed by atoms with Crippen molar-refractivity contribution in [1.82, 2.24) is 0 Å². The van der Waals surface area contributed by atoms with Crippen molar-refractivity contribution in [2.75, 3.05) is 4.90 Å². The first-order chi connectivity index (χ1) is 12.3. The highest BCUT2D eigenvalue weighted by Gasteiger charge is 2.47. The number of carbonyl (C=O) groups excluding carboxylic acids is 1. The van der Waals surface area contributed by atoms with Crippen LogP contribution in [0, 0.1) is 0 Å². The van der Waals surface area contributed by atoms with E-state index < -0.39 is 11.5 Å². The van der Waals surface area contributed by atoms with Crippen molar-refractivity contribution in [2.45, 2.75) is 38.1 Å². The quantitative estimate of drug-likeness (QED) is 0.847. The van der Waals surface area contributed by atoms with Gasteiger partial charge in [0.2, 0.25) is 0 Å². The molecule has 1 N–H and O–H groups in total. The Morgan fingerprint density at radius 1 is 0.962 bits per heavy atom. The number of hydrogen-bond donors (Lipinski definition) is 1. The number of anilines is 1. The number of amides is 1. The molecule has 1 heterocycles. The lowest BCUT2D eigenvalue weighted by Crippen LogP contribution is -2.55. The zero-order valence-electron chi connectivity index (χ0n) is 15.3. The van der Waals surface area contributed by atoms with Crippen molar-refractivity contribution in [3.8, 4) is 0 Å². The molecule has 134 valence electrons. The van der Waals surface area contributed by atoms with E-state index in [2.05, 4.69) is 25.1 Å². The number of benzene rings is 2. The molecule has 1 aliphatic rings. The Hall–Kier alpha value is -2.88. The molecule has 26 heavy (non-hydrogen) atoms. The molecule has 2 aromatic carbocycles. The number of rotatable bonds is 3. The highest BCUT2D eigenvalue weighted by molar-refractivity contribution is 6.06. The van der Waals surface area contributed by atoms with Gasteiger partial charge in [0.25, 0.3) is 5.91 Å². The molecule has 0 radical (unpaired) electrons. The summed E-state index contributed by atoms with van der Waals surface area (Å²) in [5, 5.41) is 8.86. The lowest BCUT2D eigenvalue weighted by atomic mass is 9.65. The topological polar surface area (TPSA) is 57.6 Å². The fraction of sp³-hybridized carbons (Fsp3) is 0.273. The van der Waals surface area contributed by atoms with E-state index in [1.54, 1.807) is 4.90 Å². The van der Waals surface area contributed by atoms with E-state index in [9.17, 15) is 9.59 Å². The number of carbonyl (C=O) groups is 2. The number of para-hydroxylation sites is 1. The van der Waals surface area contributed by atoms with Crippen LogP contribution >= 0.6 is 0 Å². The molecule has 4 nitrogen and oxygen atoms in total. The SMILES string of the molecule is CC1(C)C[C@](C)(c2ccccc2)c2ccccc2N1C(=O)/C=C/C(=O)O. The van der Waals surface area contributed by atoms with E-state index >= 15 is 0 Å². The fourth-order valence-electron chi connectivity index (χ4n) is 4.20. The van der Waals surface area contributed by atoms with Crippen molar-refractivity contribution in [2.24, 2.45) is 0 Å². The zero-order valence-corrected chi connectivity index (χ0v) is 15.3. The molecule has 0 aromatic heterocycles. The number of nitrogens with zero attached hydrogens (tertiary/aromatic N) is 1. The van der Waals surface area contributed by atoms with E-state index in [0.29, 0.717) is 0 Å². The van der Waals surface area contributed by atoms with E-state index in [1.165, 1.54) is 5.56 Å². The number of hydrogen-bond acceptors (Lipinski definition) is 2. The summed E-state index contributed by atoms with van der Waals surface area (Å²) < 4.78 is 0. The van der Waals surface area contributed by atoms with Gasteiger partial charge in [0.15, 0.2) is 0 Å². The maximum absolute atomic E-state index is 12.8. The summed E-state index contributed by atoms with van der Waals surface area (Å²) in [4.78, 5) is 25.3. The maximum atomic E-state index is 12.8. The van der Waals surface area contributed by atoms with Gasteiger partial charge in [-0.1, -0.05) is 55.5 Å². The van der Waals surface area contributed by atoms with Gasteiger partial charge in [0.05, 0.1) is 0 Å². The normalized spacial score (nSPS) is 21.4. The van der Waals surface area contributed by atoms with Gasteiger partial charge in [-0.25, -0.2) is 4.79 Å². The number of carboxylic acid groups (broad SMARTS) is 1. The average Bonchev–Trinajstić information content (AvgIpc) is 2.60. The summed E-state index contributed by atoms with van der Waals surface area (Å²) in [6.07, 6.45) is 2.76. The van der Waals surface area contributed by atoms with Crippen molar-refractivity contribution in [3.63, 3.8) is 0 Å². The van der Waals surface area contributed by atoms with Crippen LogP contribution in [0.1, 0.15) is 38.3 Å². The Kier molecular flexibility index (Phi) is 4.45. The molecule has 0 unspecified atom stereocenters. The molecule has 1 amide bonds. The first kappa shape index (κ1) is 17.9. The standard InChI is InChI=1S/C22H23NO3/c1-21(2)15-22(3,16-9-5-4-6-10-16)17-11-7-8-12-18(17)23(21)19(24)13-14-20(25)26/h4-14H,15H2,1-3H3,(H,25,26)/b14-13+/t22-/m1/s1. The maximum Gasteiger partial charge on any atom is 0.328 e. The molecule has 0 saturated heterocycles. The lowest BCUT2D eigenvalue weighted by Gasteiger charge is -2.51. The minimum absolute atomic E-state index is 0.241. The summed E-state index contributed by atoms with van der Waals surface area (Å²) in [5.41, 5.74) is 2.39. The molecule has 0 aliphatic carbocycles. The summed E-state index contributed by atoms with van der Waals surface area (Å²) >= 11 is 0. The van der Waals surface area contributed by atoms with Gasteiger partial charge < -0.3 is 10.0 Å². The van der Waals surface area contributed by atoms with Crippen LogP contribution in [-0.2, 0) is 15.0 Å². The Morgan fingerprint density at radius 2 is 1.58 bits per heavy atom. The van der Waals surface area contributed by atoms with Crippen molar-refractivity contribution in [3.05, 3.63) is 77.9 Å². The van der Waals surface area contributed by atoms with Gasteiger partial charge in [-0.05, 0) is 37.5 Å². The first-order valence-electron chi connectivity index (χ1n) is 8.66. The number of aliphatic carboxylic acids is 1. The smallest absolute Gasteiger partial charge is 0.328 e. The molecular formula is C22H23NO3. The van der Waals surface area contributed by atoms with Crippen LogP contribution in [0.2, 0.25) is 0 Å². The molecule has 2 aromatic rings.